The molecule has 4 rings (SSSR count). The molecule has 1 saturated carbocycles. The number of hydrogen-bond donors (Lipinski definition) is 1. The van der Waals surface area contributed by atoms with Crippen molar-refractivity contribution < 1.29 is 13.9 Å². The summed E-state index contributed by atoms with van der Waals surface area (Å²) in [6, 6.07) is 10.7. The average molecular weight is 445 g/mol. The van der Waals surface area contributed by atoms with Gasteiger partial charge >= 0.3 is 0 Å². The molecule has 1 fully saturated rings. The Morgan fingerprint density at radius 2 is 1.90 bits per heavy atom. The van der Waals surface area contributed by atoms with Crippen molar-refractivity contribution in [3.05, 3.63) is 53.6 Å². The minimum Gasteiger partial charge on any atom is -0.468 e. The number of benzene rings is 2. The van der Waals surface area contributed by atoms with Crippen LogP contribution in [-0.2, 0) is 4.74 Å². The Morgan fingerprint density at radius 1 is 1.10 bits per heavy atom. The molecule has 0 aliphatic heterocycles. The van der Waals surface area contributed by atoms with Gasteiger partial charge < -0.3 is 19.7 Å². The summed E-state index contributed by atoms with van der Waals surface area (Å²) in [6.45, 7) is 0.201. The number of aromatic nitrogens is 2. The second-order valence-electron chi connectivity index (χ2n) is 7.98. The van der Waals surface area contributed by atoms with Crippen LogP contribution < -0.4 is 10.1 Å². The van der Waals surface area contributed by atoms with Gasteiger partial charge in [-0.15, -0.1) is 0 Å². The van der Waals surface area contributed by atoms with Crippen molar-refractivity contribution in [1.82, 2.24) is 14.9 Å². The van der Waals surface area contributed by atoms with Crippen LogP contribution in [0, 0.1) is 5.82 Å². The second kappa shape index (κ2) is 9.77. The molecule has 0 radical (unpaired) electrons. The zero-order chi connectivity index (χ0) is 21.8. The van der Waals surface area contributed by atoms with Gasteiger partial charge in [-0.3, -0.25) is 0 Å². The third-order valence-electron chi connectivity index (χ3n) is 5.69. The highest BCUT2D eigenvalue weighted by atomic mass is 35.5. The molecule has 0 spiro atoms. The first kappa shape index (κ1) is 21.7. The Balaban J connectivity index is 1.40. The van der Waals surface area contributed by atoms with Gasteiger partial charge in [0.1, 0.15) is 23.7 Å². The van der Waals surface area contributed by atoms with Crippen LogP contribution in [0.15, 0.2) is 42.7 Å². The molecule has 8 heteroatoms. The van der Waals surface area contributed by atoms with Crippen molar-refractivity contribution in [2.24, 2.45) is 0 Å². The Morgan fingerprint density at radius 3 is 2.65 bits per heavy atom. The van der Waals surface area contributed by atoms with Crippen LogP contribution in [0.25, 0.3) is 10.9 Å². The van der Waals surface area contributed by atoms with E-state index < -0.39 is 5.82 Å². The molecule has 1 aromatic heterocycles. The molecule has 0 saturated heterocycles. The van der Waals surface area contributed by atoms with Crippen LogP contribution in [0.4, 0.5) is 15.9 Å². The van der Waals surface area contributed by atoms with E-state index in [1.807, 2.05) is 18.2 Å². The predicted octanol–water partition coefficient (Wildman–Crippen LogP) is 5.39. The van der Waals surface area contributed by atoms with E-state index in [-0.39, 0.29) is 17.9 Å². The van der Waals surface area contributed by atoms with E-state index in [2.05, 4.69) is 34.3 Å². The van der Waals surface area contributed by atoms with E-state index >= 15 is 0 Å². The van der Waals surface area contributed by atoms with Gasteiger partial charge in [-0.25, -0.2) is 14.4 Å². The summed E-state index contributed by atoms with van der Waals surface area (Å²) >= 11 is 5.88. The topological polar surface area (TPSA) is 59.5 Å². The standard InChI is InChI=1S/C23H26ClFN4O2/c1-29(2)16-4-6-17(7-5-16)30-14-31-18-8-10-22-19(12-18)23(27-13-26-22)28-15-3-9-21(25)20(24)11-15/h3,8-13,16-17H,4-7,14H2,1-2H3,(H,26,27,28)/t16-,17-. The lowest BCUT2D eigenvalue weighted by Crippen LogP contribution is -2.34. The maximum Gasteiger partial charge on any atom is 0.189 e. The number of halogens is 2. The molecule has 6 nitrogen and oxygen atoms in total. The molecule has 1 N–H and O–H groups in total. The molecule has 31 heavy (non-hydrogen) atoms. The lowest BCUT2D eigenvalue weighted by molar-refractivity contribution is -0.0564. The largest absolute Gasteiger partial charge is 0.468 e. The first-order chi connectivity index (χ1) is 15.0. The van der Waals surface area contributed by atoms with Gasteiger partial charge in [-0.2, -0.15) is 0 Å². The predicted molar refractivity (Wildman–Crippen MR) is 121 cm³/mol. The molecule has 0 amide bonds. The molecule has 0 bridgehead atoms. The van der Waals surface area contributed by atoms with Crippen LogP contribution in [0.3, 0.4) is 0 Å². The highest BCUT2D eigenvalue weighted by molar-refractivity contribution is 6.31. The Hall–Kier alpha value is -2.48. The number of anilines is 2. The normalized spacial score (nSPS) is 19.0. The first-order valence-corrected chi connectivity index (χ1v) is 10.7. The van der Waals surface area contributed by atoms with E-state index in [1.165, 1.54) is 18.5 Å². The van der Waals surface area contributed by atoms with Gasteiger partial charge in [0.15, 0.2) is 6.79 Å². The molecule has 0 atom stereocenters. The Bertz CT molecular complexity index is 1040. The van der Waals surface area contributed by atoms with Gasteiger partial charge in [0.05, 0.1) is 16.6 Å². The van der Waals surface area contributed by atoms with Gasteiger partial charge in [0.25, 0.3) is 0 Å². The molecule has 1 heterocycles. The molecular weight excluding hydrogens is 419 g/mol. The van der Waals surface area contributed by atoms with E-state index in [4.69, 9.17) is 21.1 Å². The molecule has 1 aliphatic rings. The van der Waals surface area contributed by atoms with Crippen LogP contribution in [0.2, 0.25) is 5.02 Å². The highest BCUT2D eigenvalue weighted by Crippen LogP contribution is 2.29. The monoisotopic (exact) mass is 444 g/mol. The summed E-state index contributed by atoms with van der Waals surface area (Å²) in [4.78, 5) is 10.9. The Kier molecular flexibility index (Phi) is 6.85. The van der Waals surface area contributed by atoms with Gasteiger partial charge in [0, 0.05) is 17.1 Å². The van der Waals surface area contributed by atoms with Crippen molar-refractivity contribution in [2.45, 2.75) is 37.8 Å². The van der Waals surface area contributed by atoms with Crippen LogP contribution in [-0.4, -0.2) is 47.9 Å². The summed E-state index contributed by atoms with van der Waals surface area (Å²) in [5.74, 6) is 0.788. The number of ether oxygens (including phenoxy) is 2. The summed E-state index contributed by atoms with van der Waals surface area (Å²) in [5, 5.41) is 4.00. The summed E-state index contributed by atoms with van der Waals surface area (Å²) in [5.41, 5.74) is 1.40. The maximum atomic E-state index is 13.4. The van der Waals surface area contributed by atoms with E-state index in [0.29, 0.717) is 23.3 Å². The zero-order valence-electron chi connectivity index (χ0n) is 17.6. The van der Waals surface area contributed by atoms with Crippen molar-refractivity contribution in [3.8, 4) is 5.75 Å². The molecule has 2 aromatic carbocycles. The van der Waals surface area contributed by atoms with Crippen molar-refractivity contribution in [3.63, 3.8) is 0 Å². The maximum absolute atomic E-state index is 13.4. The minimum absolute atomic E-state index is 0.0455. The molecular formula is C23H26ClFN4O2. The van der Waals surface area contributed by atoms with Gasteiger partial charge in [-0.05, 0) is 76.2 Å². The van der Waals surface area contributed by atoms with Crippen molar-refractivity contribution in [2.75, 3.05) is 26.2 Å². The molecule has 3 aromatic rings. The van der Waals surface area contributed by atoms with Crippen molar-refractivity contribution >= 4 is 34.0 Å². The second-order valence-corrected chi connectivity index (χ2v) is 8.39. The fourth-order valence-electron chi connectivity index (χ4n) is 3.86. The third-order valence-corrected chi connectivity index (χ3v) is 5.98. The SMILES string of the molecule is CN(C)[C@H]1CC[C@H](OCOc2ccc3ncnc(Nc4ccc(F)c(Cl)c4)c3c2)CC1. The summed E-state index contributed by atoms with van der Waals surface area (Å²) < 4.78 is 25.2. The first-order valence-electron chi connectivity index (χ1n) is 10.4. The molecule has 1 aliphatic carbocycles. The fraction of sp³-hybridized carbons (Fsp3) is 0.391. The Labute approximate surface area is 186 Å². The lowest BCUT2D eigenvalue weighted by atomic mass is 9.92. The van der Waals surface area contributed by atoms with Crippen LogP contribution >= 0.6 is 11.6 Å². The number of hydrogen-bond acceptors (Lipinski definition) is 6. The van der Waals surface area contributed by atoms with E-state index in [1.54, 1.807) is 6.07 Å². The van der Waals surface area contributed by atoms with Gasteiger partial charge in [-0.1, -0.05) is 11.6 Å². The number of nitrogens with one attached hydrogen (secondary N) is 1. The smallest absolute Gasteiger partial charge is 0.189 e. The van der Waals surface area contributed by atoms with E-state index in [9.17, 15) is 4.39 Å². The van der Waals surface area contributed by atoms with E-state index in [0.717, 1.165) is 36.6 Å². The average Bonchev–Trinajstić information content (AvgIpc) is 2.77. The minimum atomic E-state index is -0.467. The fourth-order valence-corrected chi connectivity index (χ4v) is 4.04. The zero-order valence-corrected chi connectivity index (χ0v) is 18.4. The molecule has 164 valence electrons. The highest BCUT2D eigenvalue weighted by Gasteiger charge is 2.22. The lowest BCUT2D eigenvalue weighted by Gasteiger charge is -2.32. The van der Waals surface area contributed by atoms with Crippen molar-refractivity contribution in [1.29, 1.82) is 0 Å². The number of nitrogens with zero attached hydrogens (tertiary/aromatic N) is 3. The summed E-state index contributed by atoms with van der Waals surface area (Å²) in [7, 11) is 4.26. The number of rotatable bonds is 7. The third kappa shape index (κ3) is 5.42. The number of fused-ring (bicyclic) bond motifs is 1. The quantitative estimate of drug-likeness (QED) is 0.493. The van der Waals surface area contributed by atoms with Crippen LogP contribution in [0.5, 0.6) is 5.75 Å². The molecule has 0 unspecified atom stereocenters. The van der Waals surface area contributed by atoms with Gasteiger partial charge in [0.2, 0.25) is 0 Å². The summed E-state index contributed by atoms with van der Waals surface area (Å²) in [6.07, 6.45) is 6.10. The van der Waals surface area contributed by atoms with Crippen LogP contribution in [0.1, 0.15) is 25.7 Å².